The van der Waals surface area contributed by atoms with Gasteiger partial charge in [-0.15, -0.1) is 0 Å². The maximum Gasteiger partial charge on any atom is 0.251 e. The third-order valence-corrected chi connectivity index (χ3v) is 3.56. The van der Waals surface area contributed by atoms with Crippen molar-refractivity contribution in [1.82, 2.24) is 5.32 Å². The number of carbonyl (C=O) groups excluding carboxylic acids is 1. The van der Waals surface area contributed by atoms with Crippen LogP contribution in [-0.4, -0.2) is 45.5 Å². The third-order valence-electron chi connectivity index (χ3n) is 3.56. The molecule has 0 spiro atoms. The van der Waals surface area contributed by atoms with Gasteiger partial charge in [0.1, 0.15) is 5.75 Å². The van der Waals surface area contributed by atoms with Crippen LogP contribution < -0.4 is 10.1 Å². The highest BCUT2D eigenvalue weighted by Gasteiger charge is 2.15. The monoisotopic (exact) mass is 307 g/mol. The molecule has 1 amide bonds. The molecule has 0 bridgehead atoms. The van der Waals surface area contributed by atoms with Crippen molar-refractivity contribution in [3.63, 3.8) is 0 Å². The molecule has 1 aromatic carbocycles. The molecule has 5 nitrogen and oxygen atoms in total. The van der Waals surface area contributed by atoms with Gasteiger partial charge in [-0.3, -0.25) is 4.79 Å². The Morgan fingerprint density at radius 3 is 2.86 bits per heavy atom. The van der Waals surface area contributed by atoms with Gasteiger partial charge in [0, 0.05) is 31.2 Å². The summed E-state index contributed by atoms with van der Waals surface area (Å²) >= 11 is 0. The van der Waals surface area contributed by atoms with E-state index in [4.69, 9.17) is 14.2 Å². The number of benzene rings is 1. The summed E-state index contributed by atoms with van der Waals surface area (Å²) in [5.41, 5.74) is 0.646. The minimum atomic E-state index is -0.0627. The van der Waals surface area contributed by atoms with Gasteiger partial charge in [-0.2, -0.15) is 0 Å². The van der Waals surface area contributed by atoms with Crippen LogP contribution in [0.5, 0.6) is 5.75 Å². The maximum atomic E-state index is 11.9. The molecule has 1 heterocycles. The van der Waals surface area contributed by atoms with Crippen LogP contribution in [0.25, 0.3) is 0 Å². The normalized spacial score (nSPS) is 17.4. The van der Waals surface area contributed by atoms with Crippen molar-refractivity contribution in [2.45, 2.75) is 19.8 Å². The summed E-state index contributed by atoms with van der Waals surface area (Å²) in [6.07, 6.45) is 1.91. The fraction of sp³-hybridized carbons (Fsp3) is 0.588. The lowest BCUT2D eigenvalue weighted by molar-refractivity contribution is 0.0853. The molecule has 1 N–H and O–H groups in total. The van der Waals surface area contributed by atoms with Gasteiger partial charge in [-0.1, -0.05) is 0 Å². The molecule has 0 radical (unpaired) electrons. The van der Waals surface area contributed by atoms with Crippen molar-refractivity contribution in [1.29, 1.82) is 0 Å². The molecular weight excluding hydrogens is 282 g/mol. The molecule has 1 fully saturated rings. The van der Waals surface area contributed by atoms with Gasteiger partial charge in [0.25, 0.3) is 5.91 Å². The molecule has 2 rings (SSSR count). The fourth-order valence-corrected chi connectivity index (χ4v) is 2.31. The lowest BCUT2D eigenvalue weighted by Gasteiger charge is -2.09. The van der Waals surface area contributed by atoms with E-state index in [9.17, 15) is 4.79 Å². The van der Waals surface area contributed by atoms with Crippen LogP contribution >= 0.6 is 0 Å². The van der Waals surface area contributed by atoms with Gasteiger partial charge < -0.3 is 19.5 Å². The lowest BCUT2D eigenvalue weighted by Crippen LogP contribution is -2.25. The summed E-state index contributed by atoms with van der Waals surface area (Å²) in [5.74, 6) is 1.26. The van der Waals surface area contributed by atoms with Crippen molar-refractivity contribution in [2.75, 3.05) is 39.6 Å². The van der Waals surface area contributed by atoms with E-state index in [2.05, 4.69) is 5.32 Å². The van der Waals surface area contributed by atoms with E-state index in [0.717, 1.165) is 38.4 Å². The average molecular weight is 307 g/mol. The predicted molar refractivity (Wildman–Crippen MR) is 84.3 cm³/mol. The highest BCUT2D eigenvalue weighted by Crippen LogP contribution is 2.13. The first-order valence-corrected chi connectivity index (χ1v) is 7.96. The van der Waals surface area contributed by atoms with Crippen LogP contribution in [0.4, 0.5) is 0 Å². The second-order valence-electron chi connectivity index (χ2n) is 5.37. The second-order valence-corrected chi connectivity index (χ2v) is 5.37. The first-order valence-electron chi connectivity index (χ1n) is 7.96. The van der Waals surface area contributed by atoms with E-state index in [1.165, 1.54) is 0 Å². The summed E-state index contributed by atoms with van der Waals surface area (Å²) in [7, 11) is 0. The van der Waals surface area contributed by atoms with Crippen LogP contribution in [-0.2, 0) is 9.47 Å². The summed E-state index contributed by atoms with van der Waals surface area (Å²) in [5, 5.41) is 2.89. The van der Waals surface area contributed by atoms with Gasteiger partial charge in [-0.25, -0.2) is 0 Å². The largest absolute Gasteiger partial charge is 0.494 e. The van der Waals surface area contributed by atoms with Gasteiger partial charge in [0.05, 0.1) is 19.8 Å². The molecule has 5 heteroatoms. The molecule has 1 unspecified atom stereocenters. The summed E-state index contributed by atoms with van der Waals surface area (Å²) < 4.78 is 16.2. The van der Waals surface area contributed by atoms with Crippen LogP contribution in [0, 0.1) is 5.92 Å². The fourth-order valence-electron chi connectivity index (χ4n) is 2.31. The minimum Gasteiger partial charge on any atom is -0.494 e. The molecule has 0 aromatic heterocycles. The predicted octanol–water partition coefficient (Wildman–Crippen LogP) is 2.26. The number of nitrogens with one attached hydrogen (secondary N) is 1. The van der Waals surface area contributed by atoms with Crippen molar-refractivity contribution in [3.8, 4) is 5.75 Å². The highest BCUT2D eigenvalue weighted by molar-refractivity contribution is 5.94. The standard InChI is InChI=1S/C17H25NO4/c1-2-22-16-6-4-15(5-7-16)17(19)18-9-3-10-20-12-14-8-11-21-13-14/h4-7,14H,2-3,8-13H2,1H3,(H,18,19). The second kappa shape index (κ2) is 9.43. The molecule has 1 saturated heterocycles. The Kier molecular flexibility index (Phi) is 7.19. The molecule has 0 saturated carbocycles. The topological polar surface area (TPSA) is 56.8 Å². The Morgan fingerprint density at radius 2 is 2.18 bits per heavy atom. The molecule has 1 aliphatic heterocycles. The quantitative estimate of drug-likeness (QED) is 0.711. The zero-order valence-corrected chi connectivity index (χ0v) is 13.2. The van der Waals surface area contributed by atoms with Crippen LogP contribution in [0.1, 0.15) is 30.1 Å². The number of carbonyl (C=O) groups is 1. The Balaban J connectivity index is 1.56. The maximum absolute atomic E-state index is 11.9. The van der Waals surface area contributed by atoms with Crippen molar-refractivity contribution in [3.05, 3.63) is 29.8 Å². The Morgan fingerprint density at radius 1 is 1.36 bits per heavy atom. The minimum absolute atomic E-state index is 0.0627. The summed E-state index contributed by atoms with van der Waals surface area (Å²) in [6, 6.07) is 7.17. The van der Waals surface area contributed by atoms with E-state index in [1.807, 2.05) is 19.1 Å². The molecule has 1 aromatic rings. The van der Waals surface area contributed by atoms with E-state index >= 15 is 0 Å². The van der Waals surface area contributed by atoms with Crippen LogP contribution in [0.2, 0.25) is 0 Å². The Hall–Kier alpha value is -1.59. The number of ether oxygens (including phenoxy) is 3. The van der Waals surface area contributed by atoms with Gasteiger partial charge in [0.15, 0.2) is 0 Å². The third kappa shape index (κ3) is 5.66. The van der Waals surface area contributed by atoms with E-state index in [1.54, 1.807) is 12.1 Å². The number of amides is 1. The Bertz CT molecular complexity index is 440. The van der Waals surface area contributed by atoms with Gasteiger partial charge in [0.2, 0.25) is 0 Å². The summed E-state index contributed by atoms with van der Waals surface area (Å²) in [6.45, 7) is 6.27. The first-order chi connectivity index (χ1) is 10.8. The molecule has 1 atom stereocenters. The average Bonchev–Trinajstić information content (AvgIpc) is 3.05. The molecular formula is C17H25NO4. The summed E-state index contributed by atoms with van der Waals surface area (Å²) in [4.78, 5) is 11.9. The number of rotatable bonds is 9. The highest BCUT2D eigenvalue weighted by atomic mass is 16.5. The molecule has 0 aliphatic carbocycles. The van der Waals surface area contributed by atoms with Crippen molar-refractivity contribution < 1.29 is 19.0 Å². The van der Waals surface area contributed by atoms with Crippen molar-refractivity contribution >= 4 is 5.91 Å². The Labute approximate surface area is 131 Å². The number of hydrogen-bond acceptors (Lipinski definition) is 4. The van der Waals surface area contributed by atoms with E-state index in [-0.39, 0.29) is 5.91 Å². The smallest absolute Gasteiger partial charge is 0.251 e. The SMILES string of the molecule is CCOc1ccc(C(=O)NCCCOCC2CCOC2)cc1. The molecule has 122 valence electrons. The lowest BCUT2D eigenvalue weighted by atomic mass is 10.1. The molecule has 22 heavy (non-hydrogen) atoms. The van der Waals surface area contributed by atoms with Crippen molar-refractivity contribution in [2.24, 2.45) is 5.92 Å². The zero-order valence-electron chi connectivity index (χ0n) is 13.2. The van der Waals surface area contributed by atoms with Crippen LogP contribution in [0.3, 0.4) is 0 Å². The van der Waals surface area contributed by atoms with E-state index < -0.39 is 0 Å². The first kappa shape index (κ1) is 16.8. The zero-order chi connectivity index (χ0) is 15.6. The molecule has 1 aliphatic rings. The van der Waals surface area contributed by atoms with Gasteiger partial charge in [-0.05, 0) is 44.0 Å². The van der Waals surface area contributed by atoms with Crippen LogP contribution in [0.15, 0.2) is 24.3 Å². The number of hydrogen-bond donors (Lipinski definition) is 1. The van der Waals surface area contributed by atoms with Gasteiger partial charge >= 0.3 is 0 Å². The van der Waals surface area contributed by atoms with E-state index in [0.29, 0.717) is 31.2 Å².